The summed E-state index contributed by atoms with van der Waals surface area (Å²) in [5, 5.41) is 4.22. The quantitative estimate of drug-likeness (QED) is 0.348. The molecule has 0 spiro atoms. The molecule has 0 saturated carbocycles. The number of hydrogen-bond acceptors (Lipinski definition) is 1. The molecule has 1 unspecified atom stereocenters. The number of rotatable bonds is 7. The zero-order valence-corrected chi connectivity index (χ0v) is 22.9. The molecule has 1 nitrogen and oxygen atoms in total. The fraction of sp³-hybridized carbons (Fsp3) is 0.188. The molecule has 0 aliphatic rings. The summed E-state index contributed by atoms with van der Waals surface area (Å²) >= 11 is 0. The molecule has 4 aromatic carbocycles. The Morgan fingerprint density at radius 3 is 1.51 bits per heavy atom. The number of hydrogen-bond donors (Lipinski definition) is 0. The van der Waals surface area contributed by atoms with Crippen LogP contribution in [-0.2, 0) is 0 Å². The van der Waals surface area contributed by atoms with Crippen molar-refractivity contribution in [1.82, 2.24) is 0 Å². The molecule has 3 heteroatoms. The van der Waals surface area contributed by atoms with Gasteiger partial charge in [0.05, 0.1) is 12.8 Å². The van der Waals surface area contributed by atoms with E-state index in [4.69, 9.17) is 4.74 Å². The first-order valence-corrected chi connectivity index (χ1v) is 13.7. The molecular formula is C32H34ClOP. The Hall–Kier alpha value is -2.86. The van der Waals surface area contributed by atoms with Crippen molar-refractivity contribution in [2.75, 3.05) is 7.11 Å². The minimum absolute atomic E-state index is 0. The van der Waals surface area contributed by atoms with Crippen molar-refractivity contribution >= 4 is 29.3 Å². The van der Waals surface area contributed by atoms with Crippen LogP contribution in [0, 0.1) is 20.8 Å². The highest BCUT2D eigenvalue weighted by Gasteiger charge is 2.49. The van der Waals surface area contributed by atoms with Gasteiger partial charge in [0.15, 0.2) is 0 Å². The van der Waals surface area contributed by atoms with Gasteiger partial charge in [-0.3, -0.25) is 0 Å². The fourth-order valence-corrected chi connectivity index (χ4v) is 9.62. The molecule has 0 N–H and O–H groups in total. The molecule has 0 aliphatic carbocycles. The molecule has 35 heavy (non-hydrogen) atoms. The Bertz CT molecular complexity index is 1170. The molecule has 0 saturated heterocycles. The third-order valence-corrected chi connectivity index (χ3v) is 11.7. The number of methoxy groups -OCH3 is 1. The normalized spacial score (nSPS) is 12.3. The van der Waals surface area contributed by atoms with E-state index in [0.29, 0.717) is 5.66 Å². The maximum Gasteiger partial charge on any atom is 0.122 e. The molecular weight excluding hydrogens is 467 g/mol. The standard InChI is InChI=1S/C32H34OP.ClH/c1-24-23-32(33-5)27(4)26(3)31(24)22-21-25(2)34(28-15-9-6-10-16-28,29-17-11-7-12-18-29)30-19-13-8-14-20-30;/h6-23,25H,1-5H3;1H/q+1;/p-1/b22-21+;. The maximum absolute atomic E-state index is 5.60. The summed E-state index contributed by atoms with van der Waals surface area (Å²) in [6, 6.07) is 35.4. The van der Waals surface area contributed by atoms with Crippen LogP contribution in [0.1, 0.15) is 29.2 Å². The highest BCUT2D eigenvalue weighted by molar-refractivity contribution is 7.96. The summed E-state index contributed by atoms with van der Waals surface area (Å²) in [5.74, 6) is 0.958. The Morgan fingerprint density at radius 1 is 0.686 bits per heavy atom. The van der Waals surface area contributed by atoms with Gasteiger partial charge < -0.3 is 17.1 Å². The molecule has 0 fully saturated rings. The molecule has 0 aromatic heterocycles. The van der Waals surface area contributed by atoms with Crippen molar-refractivity contribution in [2.24, 2.45) is 0 Å². The Kier molecular flexibility index (Phi) is 8.95. The highest BCUT2D eigenvalue weighted by atomic mass is 35.5. The van der Waals surface area contributed by atoms with Crippen LogP contribution in [0.25, 0.3) is 6.08 Å². The van der Waals surface area contributed by atoms with Crippen LogP contribution in [-0.4, -0.2) is 12.8 Å². The van der Waals surface area contributed by atoms with Gasteiger partial charge in [-0.2, -0.15) is 0 Å². The largest absolute Gasteiger partial charge is 1.00 e. The topological polar surface area (TPSA) is 9.23 Å². The van der Waals surface area contributed by atoms with E-state index in [1.165, 1.54) is 38.2 Å². The molecule has 0 heterocycles. The summed E-state index contributed by atoms with van der Waals surface area (Å²) in [5.41, 5.74) is 5.32. The number of aryl methyl sites for hydroxylation is 1. The van der Waals surface area contributed by atoms with Crippen LogP contribution in [0.2, 0.25) is 0 Å². The lowest BCUT2D eigenvalue weighted by atomic mass is 9.97. The van der Waals surface area contributed by atoms with Gasteiger partial charge in [-0.15, -0.1) is 0 Å². The molecule has 0 bridgehead atoms. The van der Waals surface area contributed by atoms with E-state index in [1.54, 1.807) is 7.11 Å². The molecule has 0 radical (unpaired) electrons. The molecule has 0 amide bonds. The highest BCUT2D eigenvalue weighted by Crippen LogP contribution is 2.60. The van der Waals surface area contributed by atoms with Gasteiger partial charge in [0.25, 0.3) is 0 Å². The van der Waals surface area contributed by atoms with Gasteiger partial charge in [-0.25, -0.2) is 0 Å². The zero-order valence-electron chi connectivity index (χ0n) is 21.2. The Morgan fingerprint density at radius 2 is 1.11 bits per heavy atom. The first kappa shape index (κ1) is 26.7. The lowest BCUT2D eigenvalue weighted by Gasteiger charge is -2.31. The Labute approximate surface area is 217 Å². The summed E-state index contributed by atoms with van der Waals surface area (Å²) in [7, 11) is -0.203. The van der Waals surface area contributed by atoms with Crippen LogP contribution >= 0.6 is 7.26 Å². The van der Waals surface area contributed by atoms with Gasteiger partial charge in [0, 0.05) is 0 Å². The van der Waals surface area contributed by atoms with Gasteiger partial charge in [0.1, 0.15) is 28.9 Å². The van der Waals surface area contributed by atoms with Crippen LogP contribution in [0.5, 0.6) is 5.75 Å². The van der Waals surface area contributed by atoms with Gasteiger partial charge in [-0.05, 0) is 98.5 Å². The third kappa shape index (κ3) is 5.08. The second-order valence-electron chi connectivity index (χ2n) is 8.89. The minimum atomic E-state index is -1.95. The van der Waals surface area contributed by atoms with Crippen LogP contribution in [0.3, 0.4) is 0 Å². The van der Waals surface area contributed by atoms with E-state index in [1.807, 2.05) is 0 Å². The van der Waals surface area contributed by atoms with Crippen molar-refractivity contribution in [2.45, 2.75) is 33.4 Å². The van der Waals surface area contributed by atoms with E-state index >= 15 is 0 Å². The van der Waals surface area contributed by atoms with Crippen LogP contribution < -0.4 is 33.1 Å². The lowest BCUT2D eigenvalue weighted by Crippen LogP contribution is -3.00. The SMILES string of the molecule is COc1cc(C)c(/C=C/C(C)[P+](c2ccccc2)(c2ccccc2)c2ccccc2)c(C)c1C.[Cl-]. The van der Waals surface area contributed by atoms with Gasteiger partial charge in [-0.1, -0.05) is 60.7 Å². The smallest absolute Gasteiger partial charge is 0.122 e. The maximum atomic E-state index is 5.60. The first-order chi connectivity index (χ1) is 16.5. The van der Waals surface area contributed by atoms with Crippen molar-refractivity contribution in [3.05, 3.63) is 125 Å². The summed E-state index contributed by atoms with van der Waals surface area (Å²) in [4.78, 5) is 0. The molecule has 1 atom stereocenters. The Balaban J connectivity index is 0.00000342. The van der Waals surface area contributed by atoms with Crippen molar-refractivity contribution in [3.8, 4) is 5.75 Å². The molecule has 0 aliphatic heterocycles. The number of benzene rings is 4. The average Bonchev–Trinajstić information content (AvgIpc) is 2.88. The van der Waals surface area contributed by atoms with E-state index in [-0.39, 0.29) is 12.4 Å². The molecule has 4 rings (SSSR count). The van der Waals surface area contributed by atoms with Crippen LogP contribution in [0.4, 0.5) is 0 Å². The fourth-order valence-electron chi connectivity index (χ4n) is 5.04. The third-order valence-electron chi connectivity index (χ3n) is 6.97. The zero-order chi connectivity index (χ0) is 24.1. The number of halogens is 1. The van der Waals surface area contributed by atoms with E-state index in [2.05, 4.69) is 137 Å². The minimum Gasteiger partial charge on any atom is -1.00 e. The van der Waals surface area contributed by atoms with Gasteiger partial charge >= 0.3 is 0 Å². The predicted molar refractivity (Wildman–Crippen MR) is 151 cm³/mol. The number of allylic oxidation sites excluding steroid dienone is 1. The van der Waals surface area contributed by atoms with Crippen molar-refractivity contribution in [3.63, 3.8) is 0 Å². The van der Waals surface area contributed by atoms with E-state index in [9.17, 15) is 0 Å². The molecule has 180 valence electrons. The summed E-state index contributed by atoms with van der Waals surface area (Å²) < 4.78 is 5.60. The first-order valence-electron chi connectivity index (χ1n) is 11.9. The second kappa shape index (κ2) is 11.7. The van der Waals surface area contributed by atoms with E-state index < -0.39 is 7.26 Å². The van der Waals surface area contributed by atoms with Crippen molar-refractivity contribution in [1.29, 1.82) is 0 Å². The van der Waals surface area contributed by atoms with E-state index in [0.717, 1.165) is 5.75 Å². The number of ether oxygens (including phenoxy) is 1. The van der Waals surface area contributed by atoms with Crippen LogP contribution in [0.15, 0.2) is 103 Å². The lowest BCUT2D eigenvalue weighted by molar-refractivity contribution is -0.00000714. The van der Waals surface area contributed by atoms with Gasteiger partial charge in [0.2, 0.25) is 0 Å². The average molecular weight is 501 g/mol. The summed E-state index contributed by atoms with van der Waals surface area (Å²) in [6.07, 6.45) is 4.77. The summed E-state index contributed by atoms with van der Waals surface area (Å²) in [6.45, 7) is 8.90. The molecule has 4 aromatic rings. The second-order valence-corrected chi connectivity index (χ2v) is 12.7. The monoisotopic (exact) mass is 500 g/mol. The van der Waals surface area contributed by atoms with Crippen molar-refractivity contribution < 1.29 is 17.1 Å². The predicted octanol–water partition coefficient (Wildman–Crippen LogP) is 4.02.